The number of anilines is 1. The molecule has 3 amide bonds. The second-order valence-electron chi connectivity index (χ2n) is 8.71. The third-order valence-electron chi connectivity index (χ3n) is 5.39. The molecule has 0 aliphatic rings. The van der Waals surface area contributed by atoms with Crippen LogP contribution in [-0.2, 0) is 24.2 Å². The van der Waals surface area contributed by atoms with E-state index >= 15 is 0 Å². The Balaban J connectivity index is 1.93. The number of rotatable bonds is 12. The average Bonchev–Trinajstić information content (AvgIpc) is 2.83. The van der Waals surface area contributed by atoms with Crippen molar-refractivity contribution in [3.05, 3.63) is 60.7 Å². The Morgan fingerprint density at radius 1 is 0.943 bits per heavy atom. The lowest BCUT2D eigenvalue weighted by atomic mass is 9.93. The first-order chi connectivity index (χ1) is 16.5. The minimum atomic E-state index is -3.93. The Labute approximate surface area is 206 Å². The van der Waals surface area contributed by atoms with Crippen LogP contribution in [0.25, 0.3) is 0 Å². The molecule has 2 aromatic rings. The van der Waals surface area contributed by atoms with Crippen LogP contribution in [0.1, 0.15) is 33.1 Å². The molecule has 2 N–H and O–H groups in total. The molecule has 1 atom stereocenters. The van der Waals surface area contributed by atoms with Crippen LogP contribution in [0.5, 0.6) is 0 Å². The van der Waals surface area contributed by atoms with E-state index in [-0.39, 0.29) is 41.2 Å². The number of hydrogen-bond donors (Lipinski definition) is 2. The van der Waals surface area contributed by atoms with Gasteiger partial charge >= 0.3 is 0 Å². The number of nitrogens with one attached hydrogen (secondary N) is 1. The van der Waals surface area contributed by atoms with Crippen LogP contribution in [0, 0.1) is 11.8 Å². The van der Waals surface area contributed by atoms with E-state index in [4.69, 9.17) is 0 Å². The molecule has 190 valence electrons. The van der Waals surface area contributed by atoms with Crippen LogP contribution < -0.4 is 10.2 Å². The van der Waals surface area contributed by atoms with Crippen LogP contribution >= 0.6 is 0 Å². The summed E-state index contributed by atoms with van der Waals surface area (Å²) in [4.78, 5) is 39.2. The summed E-state index contributed by atoms with van der Waals surface area (Å²) in [5, 5.41) is 12.9. The predicted octanol–water partition coefficient (Wildman–Crippen LogP) is 2.86. The van der Waals surface area contributed by atoms with Crippen molar-refractivity contribution in [2.75, 3.05) is 24.4 Å². The zero-order valence-corrected chi connectivity index (χ0v) is 21.1. The number of carbonyl (C=O) groups excluding carboxylic acids is 3. The molecule has 10 heteroatoms. The van der Waals surface area contributed by atoms with E-state index in [2.05, 4.69) is 5.32 Å². The first kappa shape index (κ1) is 28.0. The largest absolute Gasteiger partial charge is 0.355 e. The predicted molar refractivity (Wildman–Crippen MR) is 132 cm³/mol. The Morgan fingerprint density at radius 2 is 1.51 bits per heavy atom. The van der Waals surface area contributed by atoms with Crippen molar-refractivity contribution in [3.63, 3.8) is 0 Å². The van der Waals surface area contributed by atoms with E-state index in [9.17, 15) is 28.0 Å². The first-order valence-corrected chi connectivity index (χ1v) is 13.0. The van der Waals surface area contributed by atoms with Gasteiger partial charge in [0.1, 0.15) is 0 Å². The maximum atomic E-state index is 12.8. The number of sulfone groups is 1. The molecule has 0 unspecified atom stereocenters. The Morgan fingerprint density at radius 3 is 2.09 bits per heavy atom. The molecule has 0 bridgehead atoms. The van der Waals surface area contributed by atoms with Gasteiger partial charge in [-0.05, 0) is 36.6 Å². The second kappa shape index (κ2) is 13.0. The van der Waals surface area contributed by atoms with Crippen LogP contribution in [0.4, 0.5) is 5.69 Å². The van der Waals surface area contributed by atoms with Gasteiger partial charge in [-0.25, -0.2) is 13.5 Å². The molecule has 0 aliphatic carbocycles. The number of carbonyl (C=O) groups is 3. The fraction of sp³-hybridized carbons (Fsp3) is 0.400. The summed E-state index contributed by atoms with van der Waals surface area (Å²) in [6, 6.07) is 16.6. The van der Waals surface area contributed by atoms with Gasteiger partial charge in [-0.3, -0.25) is 19.6 Å². The summed E-state index contributed by atoms with van der Waals surface area (Å²) in [7, 11) is -2.27. The third kappa shape index (κ3) is 8.80. The van der Waals surface area contributed by atoms with Crippen LogP contribution in [0.15, 0.2) is 65.6 Å². The lowest BCUT2D eigenvalue weighted by Crippen LogP contribution is -2.39. The van der Waals surface area contributed by atoms with Crippen molar-refractivity contribution in [3.8, 4) is 0 Å². The molecule has 0 radical (unpaired) electrons. The summed E-state index contributed by atoms with van der Waals surface area (Å²) >= 11 is 0. The van der Waals surface area contributed by atoms with E-state index in [1.165, 1.54) is 17.0 Å². The average molecular weight is 504 g/mol. The van der Waals surface area contributed by atoms with Crippen molar-refractivity contribution < 1.29 is 28.0 Å². The smallest absolute Gasteiger partial charge is 0.247 e. The Hall–Kier alpha value is -3.24. The summed E-state index contributed by atoms with van der Waals surface area (Å²) < 4.78 is 24.9. The lowest BCUT2D eigenvalue weighted by Gasteiger charge is -2.22. The van der Waals surface area contributed by atoms with Crippen LogP contribution in [0.2, 0.25) is 0 Å². The van der Waals surface area contributed by atoms with E-state index in [1.54, 1.807) is 37.4 Å². The fourth-order valence-electron chi connectivity index (χ4n) is 3.50. The van der Waals surface area contributed by atoms with Crippen molar-refractivity contribution in [2.24, 2.45) is 11.8 Å². The highest BCUT2D eigenvalue weighted by Gasteiger charge is 2.28. The number of hydroxylamine groups is 2. The van der Waals surface area contributed by atoms with Gasteiger partial charge in [0.15, 0.2) is 15.7 Å². The Bertz CT molecular complexity index is 1090. The molecule has 9 nitrogen and oxygen atoms in total. The van der Waals surface area contributed by atoms with Gasteiger partial charge in [0.05, 0.1) is 4.90 Å². The third-order valence-corrected chi connectivity index (χ3v) is 6.96. The van der Waals surface area contributed by atoms with Gasteiger partial charge in [-0.1, -0.05) is 50.2 Å². The molecule has 0 aliphatic heterocycles. The Kier molecular flexibility index (Phi) is 10.4. The number of benzene rings is 2. The molecule has 2 rings (SSSR count). The zero-order valence-electron chi connectivity index (χ0n) is 20.3. The summed E-state index contributed by atoms with van der Waals surface area (Å²) in [5.41, 5.74) is 0.737. The van der Waals surface area contributed by atoms with E-state index in [0.717, 1.165) is 5.69 Å². The second-order valence-corrected chi connectivity index (χ2v) is 10.7. The van der Waals surface area contributed by atoms with Crippen molar-refractivity contribution in [1.82, 2.24) is 10.4 Å². The molecule has 0 aromatic heterocycles. The quantitative estimate of drug-likeness (QED) is 0.339. The maximum absolute atomic E-state index is 12.8. The van der Waals surface area contributed by atoms with Crippen LogP contribution in [-0.4, -0.2) is 55.9 Å². The highest BCUT2D eigenvalue weighted by molar-refractivity contribution is 7.91. The van der Waals surface area contributed by atoms with Crippen LogP contribution in [0.3, 0.4) is 0 Å². The van der Waals surface area contributed by atoms with E-state index in [1.807, 2.05) is 32.0 Å². The highest BCUT2D eigenvalue weighted by atomic mass is 32.2. The fourth-order valence-corrected chi connectivity index (χ4v) is 4.69. The topological polar surface area (TPSA) is 124 Å². The van der Waals surface area contributed by atoms with Crippen molar-refractivity contribution in [1.29, 1.82) is 0 Å². The standard InChI is InChI=1S/C25H33N3O6S/c1-19(2)16-20(17-24(30)28(32)18-35(33,34)22-12-8-5-9-13-22)25(31)26-15-14-23(29)27(3)21-10-6-4-7-11-21/h4-13,19-20,32H,14-18H2,1-3H3,(H,26,31)/t20-/m1/s1. The molecule has 0 heterocycles. The van der Waals surface area contributed by atoms with Gasteiger partial charge in [-0.15, -0.1) is 0 Å². The SMILES string of the molecule is CC(C)C[C@H](CC(=O)N(O)CS(=O)(=O)c1ccccc1)C(=O)NCCC(=O)N(C)c1ccccc1. The van der Waals surface area contributed by atoms with Gasteiger partial charge in [-0.2, -0.15) is 0 Å². The summed E-state index contributed by atoms with van der Waals surface area (Å²) in [6.45, 7) is 3.86. The molecular formula is C25H33N3O6S. The van der Waals surface area contributed by atoms with Gasteiger partial charge in [0, 0.05) is 38.0 Å². The van der Waals surface area contributed by atoms with Crippen molar-refractivity contribution >= 4 is 33.2 Å². The zero-order chi connectivity index (χ0) is 26.0. The number of amides is 3. The van der Waals surface area contributed by atoms with E-state index < -0.39 is 33.4 Å². The van der Waals surface area contributed by atoms with Gasteiger partial charge < -0.3 is 10.2 Å². The number of hydrogen-bond acceptors (Lipinski definition) is 6. The molecular weight excluding hydrogens is 470 g/mol. The van der Waals surface area contributed by atoms with Gasteiger partial charge in [0.25, 0.3) is 0 Å². The van der Waals surface area contributed by atoms with E-state index in [0.29, 0.717) is 6.42 Å². The first-order valence-electron chi connectivity index (χ1n) is 11.4. The minimum absolute atomic E-state index is 0.0199. The minimum Gasteiger partial charge on any atom is -0.355 e. The number of para-hydroxylation sites is 1. The molecule has 2 aromatic carbocycles. The van der Waals surface area contributed by atoms with Gasteiger partial charge in [0.2, 0.25) is 17.7 Å². The lowest BCUT2D eigenvalue weighted by molar-refractivity contribution is -0.163. The normalized spacial score (nSPS) is 12.1. The molecule has 0 saturated carbocycles. The molecule has 0 saturated heterocycles. The van der Waals surface area contributed by atoms with Crippen molar-refractivity contribution in [2.45, 2.75) is 38.0 Å². The summed E-state index contributed by atoms with van der Waals surface area (Å²) in [6.07, 6.45) is 0.0678. The summed E-state index contributed by atoms with van der Waals surface area (Å²) in [5.74, 6) is -3.10. The monoisotopic (exact) mass is 503 g/mol. The highest BCUT2D eigenvalue weighted by Crippen LogP contribution is 2.19. The molecule has 35 heavy (non-hydrogen) atoms. The molecule has 0 fully saturated rings. The molecule has 0 spiro atoms. The number of nitrogens with zero attached hydrogens (tertiary/aromatic N) is 2. The maximum Gasteiger partial charge on any atom is 0.247 e.